The van der Waals surface area contributed by atoms with Gasteiger partial charge in [-0.2, -0.15) is 0 Å². The number of thiophene rings is 1. The van der Waals surface area contributed by atoms with Gasteiger partial charge in [-0.1, -0.05) is 12.8 Å². The Morgan fingerprint density at radius 1 is 1.03 bits per heavy atom. The molecule has 8 heteroatoms. The van der Waals surface area contributed by atoms with E-state index in [0.717, 1.165) is 49.2 Å². The van der Waals surface area contributed by atoms with Crippen molar-refractivity contribution in [3.8, 4) is 11.4 Å². The van der Waals surface area contributed by atoms with Crippen LogP contribution in [0, 0.1) is 13.8 Å². The van der Waals surface area contributed by atoms with Crippen LogP contribution in [0.4, 0.5) is 0 Å². The van der Waals surface area contributed by atoms with Crippen LogP contribution < -0.4 is 16.0 Å². The number of ether oxygens (including phenoxy) is 1. The van der Waals surface area contributed by atoms with Gasteiger partial charge in [0.2, 0.25) is 5.91 Å². The number of carbonyl (C=O) groups is 1. The molecule has 3 heterocycles. The maximum absolute atomic E-state index is 13.6. The number of hydrogen-bond acceptors (Lipinski definition) is 5. The fraction of sp³-hybridized carbons (Fsp3) is 0.458. The number of amides is 1. The van der Waals surface area contributed by atoms with Crippen molar-refractivity contribution in [1.82, 2.24) is 14.0 Å². The number of likely N-dealkylation sites (tertiary alicyclic amines) is 1. The molecule has 1 aliphatic rings. The fourth-order valence-corrected chi connectivity index (χ4v) is 5.38. The van der Waals surface area contributed by atoms with Gasteiger partial charge in [-0.05, 0) is 63.4 Å². The summed E-state index contributed by atoms with van der Waals surface area (Å²) < 4.78 is 8.14. The van der Waals surface area contributed by atoms with E-state index in [1.807, 2.05) is 25.7 Å². The lowest BCUT2D eigenvalue weighted by Gasteiger charge is -2.21. The van der Waals surface area contributed by atoms with E-state index >= 15 is 0 Å². The first-order chi connectivity index (χ1) is 15.4. The zero-order valence-electron chi connectivity index (χ0n) is 18.8. The van der Waals surface area contributed by atoms with Crippen LogP contribution in [0.15, 0.2) is 33.9 Å². The van der Waals surface area contributed by atoms with E-state index in [1.54, 1.807) is 24.3 Å². The quantitative estimate of drug-likeness (QED) is 0.589. The second-order valence-electron chi connectivity index (χ2n) is 8.19. The van der Waals surface area contributed by atoms with Crippen LogP contribution in [0.2, 0.25) is 0 Å². The molecule has 32 heavy (non-hydrogen) atoms. The third kappa shape index (κ3) is 4.11. The van der Waals surface area contributed by atoms with E-state index < -0.39 is 5.69 Å². The van der Waals surface area contributed by atoms with Crippen LogP contribution in [0.1, 0.15) is 43.0 Å². The van der Waals surface area contributed by atoms with Crippen molar-refractivity contribution in [2.75, 3.05) is 19.7 Å². The molecule has 0 spiro atoms. The second-order valence-corrected chi connectivity index (χ2v) is 9.40. The molecule has 0 atom stereocenters. The minimum atomic E-state index is -0.490. The molecule has 170 valence electrons. The summed E-state index contributed by atoms with van der Waals surface area (Å²) in [5.41, 5.74) is 0.473. The molecular formula is C24H29N3O4S. The summed E-state index contributed by atoms with van der Waals surface area (Å²) in [6.07, 6.45) is 4.22. The van der Waals surface area contributed by atoms with Gasteiger partial charge in [0.1, 0.15) is 17.1 Å². The first-order valence-electron chi connectivity index (χ1n) is 11.2. The molecule has 1 aliphatic heterocycles. The Morgan fingerprint density at radius 2 is 1.69 bits per heavy atom. The summed E-state index contributed by atoms with van der Waals surface area (Å²) in [5, 5.41) is 0.504. The van der Waals surface area contributed by atoms with Gasteiger partial charge in [0.05, 0.1) is 17.7 Å². The second kappa shape index (κ2) is 9.32. The Balaban J connectivity index is 1.85. The molecule has 2 aromatic heterocycles. The van der Waals surface area contributed by atoms with Gasteiger partial charge in [0, 0.05) is 18.0 Å². The summed E-state index contributed by atoms with van der Waals surface area (Å²) in [6, 6.07) is 6.89. The normalized spacial score (nSPS) is 14.5. The lowest BCUT2D eigenvalue weighted by molar-refractivity contribution is -0.131. The predicted octanol–water partition coefficient (Wildman–Crippen LogP) is 3.63. The molecule has 1 aromatic carbocycles. The van der Waals surface area contributed by atoms with Crippen molar-refractivity contribution in [3.63, 3.8) is 0 Å². The zero-order valence-corrected chi connectivity index (χ0v) is 19.7. The molecule has 0 radical (unpaired) electrons. The van der Waals surface area contributed by atoms with Crippen molar-refractivity contribution >= 4 is 27.5 Å². The molecule has 0 N–H and O–H groups in total. The highest BCUT2D eigenvalue weighted by Gasteiger charge is 2.23. The first kappa shape index (κ1) is 22.3. The molecule has 0 unspecified atom stereocenters. The topological polar surface area (TPSA) is 73.5 Å². The molecule has 1 saturated heterocycles. The van der Waals surface area contributed by atoms with E-state index in [2.05, 4.69) is 0 Å². The van der Waals surface area contributed by atoms with Crippen LogP contribution in [0.25, 0.3) is 15.9 Å². The van der Waals surface area contributed by atoms with Crippen LogP contribution >= 0.6 is 11.3 Å². The third-order valence-electron chi connectivity index (χ3n) is 6.11. The number of benzene rings is 1. The lowest BCUT2D eigenvalue weighted by Crippen LogP contribution is -2.42. The zero-order chi connectivity index (χ0) is 22.8. The largest absolute Gasteiger partial charge is 0.494 e. The first-order valence-corrected chi connectivity index (χ1v) is 12.0. The van der Waals surface area contributed by atoms with Gasteiger partial charge in [0.15, 0.2) is 0 Å². The SMILES string of the molecule is CCOc1ccc(-n2c(=O)c3c(C)c(C)sc3n(CC(=O)N3CCCCCC3)c2=O)cc1. The van der Waals surface area contributed by atoms with E-state index in [0.29, 0.717) is 28.3 Å². The monoisotopic (exact) mass is 455 g/mol. The van der Waals surface area contributed by atoms with Crippen molar-refractivity contribution in [3.05, 3.63) is 55.5 Å². The van der Waals surface area contributed by atoms with Gasteiger partial charge >= 0.3 is 5.69 Å². The molecule has 3 aromatic rings. The molecule has 0 bridgehead atoms. The van der Waals surface area contributed by atoms with Crippen molar-refractivity contribution in [2.24, 2.45) is 0 Å². The maximum atomic E-state index is 13.6. The Hall–Kier alpha value is -2.87. The van der Waals surface area contributed by atoms with E-state index in [4.69, 9.17) is 4.74 Å². The standard InChI is InChI=1S/C24H29N3O4S/c1-4-31-19-11-9-18(10-12-19)27-22(29)21-16(2)17(3)32-23(21)26(24(27)30)15-20(28)25-13-7-5-6-8-14-25/h9-12H,4-8,13-15H2,1-3H3. The minimum Gasteiger partial charge on any atom is -0.494 e. The summed E-state index contributed by atoms with van der Waals surface area (Å²) >= 11 is 1.40. The van der Waals surface area contributed by atoms with Crippen molar-refractivity contribution in [2.45, 2.75) is 53.0 Å². The van der Waals surface area contributed by atoms with Crippen LogP contribution in [-0.2, 0) is 11.3 Å². The molecule has 1 fully saturated rings. The average Bonchev–Trinajstić information content (AvgIpc) is 2.96. The number of hydrogen-bond donors (Lipinski definition) is 0. The molecule has 4 rings (SSSR count). The van der Waals surface area contributed by atoms with Crippen molar-refractivity contribution < 1.29 is 9.53 Å². The predicted molar refractivity (Wildman–Crippen MR) is 127 cm³/mol. The summed E-state index contributed by atoms with van der Waals surface area (Å²) in [5.74, 6) is 0.598. The van der Waals surface area contributed by atoms with E-state index in [9.17, 15) is 14.4 Å². The average molecular weight is 456 g/mol. The highest BCUT2D eigenvalue weighted by Crippen LogP contribution is 2.27. The Kier molecular flexibility index (Phi) is 6.50. The number of carbonyl (C=O) groups excluding carboxylic acids is 1. The minimum absolute atomic E-state index is 0.0635. The molecule has 7 nitrogen and oxygen atoms in total. The van der Waals surface area contributed by atoms with Crippen LogP contribution in [0.3, 0.4) is 0 Å². The van der Waals surface area contributed by atoms with Crippen molar-refractivity contribution in [1.29, 1.82) is 0 Å². The highest BCUT2D eigenvalue weighted by molar-refractivity contribution is 7.18. The fourth-order valence-electron chi connectivity index (χ4n) is 4.24. The lowest BCUT2D eigenvalue weighted by atomic mass is 10.2. The van der Waals surface area contributed by atoms with E-state index in [1.165, 1.54) is 20.5 Å². The number of nitrogens with zero attached hydrogens (tertiary/aromatic N) is 3. The number of aromatic nitrogens is 2. The summed E-state index contributed by atoms with van der Waals surface area (Å²) in [6.45, 7) is 7.63. The number of aryl methyl sites for hydroxylation is 2. The molecule has 1 amide bonds. The van der Waals surface area contributed by atoms with Gasteiger partial charge in [0.25, 0.3) is 5.56 Å². The highest BCUT2D eigenvalue weighted by atomic mass is 32.1. The number of rotatable bonds is 5. The molecule has 0 aliphatic carbocycles. The molecule has 0 saturated carbocycles. The van der Waals surface area contributed by atoms with Crippen LogP contribution in [0.5, 0.6) is 5.75 Å². The van der Waals surface area contributed by atoms with Gasteiger partial charge in [-0.15, -0.1) is 11.3 Å². The van der Waals surface area contributed by atoms with Gasteiger partial charge in [-0.25, -0.2) is 9.36 Å². The Labute approximate surface area is 190 Å². The molecular weight excluding hydrogens is 426 g/mol. The Morgan fingerprint density at radius 3 is 2.31 bits per heavy atom. The smallest absolute Gasteiger partial charge is 0.337 e. The van der Waals surface area contributed by atoms with E-state index in [-0.39, 0.29) is 18.0 Å². The third-order valence-corrected chi connectivity index (χ3v) is 7.34. The number of fused-ring (bicyclic) bond motifs is 1. The Bertz CT molecular complexity index is 1250. The summed E-state index contributed by atoms with van der Waals surface area (Å²) in [4.78, 5) is 43.5. The summed E-state index contributed by atoms with van der Waals surface area (Å²) in [7, 11) is 0. The maximum Gasteiger partial charge on any atom is 0.337 e. The van der Waals surface area contributed by atoms with Gasteiger partial charge < -0.3 is 9.64 Å². The van der Waals surface area contributed by atoms with Crippen LogP contribution in [-0.4, -0.2) is 39.6 Å². The van der Waals surface area contributed by atoms with Gasteiger partial charge in [-0.3, -0.25) is 14.2 Å².